The minimum atomic E-state index is -4.83. The summed E-state index contributed by atoms with van der Waals surface area (Å²) in [5.74, 6) is -8.76. The van der Waals surface area contributed by atoms with Gasteiger partial charge in [0.2, 0.25) is 0 Å². The van der Waals surface area contributed by atoms with Crippen LogP contribution in [-0.4, -0.2) is 143 Å². The van der Waals surface area contributed by atoms with Crippen molar-refractivity contribution in [3.63, 3.8) is 0 Å². The number of alkyl halides is 6. The smallest absolute Gasteiger partial charge is 0.870 e. The number of methoxy groups -OCH3 is 4. The van der Waals surface area contributed by atoms with Crippen LogP contribution < -0.4 is 48.5 Å². The number of aliphatic hydroxyl groups is 1. The first-order chi connectivity index (χ1) is 37.7. The number of carbonyl (C=O) groups excluding carboxylic acids is 3. The molecule has 2 fully saturated rings. The van der Waals surface area contributed by atoms with E-state index in [1.54, 1.807) is 70.2 Å². The minimum Gasteiger partial charge on any atom is -0.870 e. The summed E-state index contributed by atoms with van der Waals surface area (Å²) in [5, 5.41) is 10.7. The van der Waals surface area contributed by atoms with Gasteiger partial charge in [0.15, 0.2) is 25.2 Å². The van der Waals surface area contributed by atoms with Crippen LogP contribution in [0.2, 0.25) is 0 Å². The molecule has 10 unspecified atom stereocenters. The van der Waals surface area contributed by atoms with Crippen molar-refractivity contribution in [2.24, 2.45) is 11.8 Å². The van der Waals surface area contributed by atoms with Crippen LogP contribution in [-0.2, 0) is 42.6 Å². The number of carbonyl (C=O) groups is 3. The number of rotatable bonds is 10. The van der Waals surface area contributed by atoms with Crippen LogP contribution in [0.1, 0.15) is 96.6 Å². The van der Waals surface area contributed by atoms with Gasteiger partial charge in [-0.15, -0.1) is 0 Å². The Hall–Kier alpha value is -5.51. The maximum atomic E-state index is 14.4. The molecule has 0 radical (unpaired) electrons. The molecule has 82 heavy (non-hydrogen) atoms. The van der Waals surface area contributed by atoms with E-state index in [-0.39, 0.29) is 95.2 Å². The number of benzene rings is 3. The zero-order valence-corrected chi connectivity index (χ0v) is 49.1. The van der Waals surface area contributed by atoms with Gasteiger partial charge >= 0.3 is 59.8 Å². The SMILES string of the molecule is COCOc1cc(OC)cc2c1C(=O)OC(C)C(C(F)(F)F)/C=C\C(O)C1OC(C)(C)OC1C/C=C/2.COCOc1cc(OC)cc2c1C(=O)OC(C)C(C(F)(F)F)/C=C\C(OC(=O)c1ccccc1)C1OC(C)(C)OC1C/C=C/2.[Na+].[OH-]. The molecular weight excluding hydrogens is 1110 g/mol. The number of esters is 3. The molecule has 0 spiro atoms. The topological polar surface area (TPSA) is 221 Å². The number of hydrogen-bond donors (Lipinski definition) is 1. The Bertz CT molecular complexity index is 2730. The van der Waals surface area contributed by atoms with E-state index in [1.165, 1.54) is 64.8 Å². The standard InChI is InChI=1S/C32H35F3O9.C25H31F3O8.Na.H2O/c1-19-23(32(33,34)35)14-15-24(42-29(36)20-10-7-6-8-11-20)28-25(43-31(2,3)44-28)13-9-12-21-16-22(39-5)17-26(40-18-38-4)27(21)30(37)41-19;1-14-17(25(26,27)28)9-10-18(29)22-19(35-24(2,3)36-22)8-6-7-15-11-16(32-5)12-20(33-13-31-4)21(15)23(30)34-14;;/h6-12,14-17,19,23-25,28H,13,18H2,1-5H3;6-7,9-12,14,17-19,22,29H,8,13H2,1-5H3;;1H2/q;;+1;/p-1/b12-9+,15-14-;7-6+,10-9-;;. The number of hydrogen-bond acceptors (Lipinski definition) is 18. The second-order valence-corrected chi connectivity index (χ2v) is 19.7. The predicted octanol–water partition coefficient (Wildman–Crippen LogP) is 7.20. The van der Waals surface area contributed by atoms with E-state index >= 15 is 0 Å². The van der Waals surface area contributed by atoms with Gasteiger partial charge in [0.1, 0.15) is 82.6 Å². The molecule has 0 saturated carbocycles. The van der Waals surface area contributed by atoms with Crippen molar-refractivity contribution in [1.29, 1.82) is 0 Å². The van der Waals surface area contributed by atoms with Crippen molar-refractivity contribution >= 4 is 30.1 Å². The van der Waals surface area contributed by atoms with Gasteiger partial charge in [0.05, 0.1) is 32.0 Å². The molecule has 7 rings (SSSR count). The van der Waals surface area contributed by atoms with Crippen LogP contribution in [0.25, 0.3) is 12.2 Å². The van der Waals surface area contributed by atoms with E-state index < -0.39 is 103 Å². The molecule has 0 aliphatic carbocycles. The van der Waals surface area contributed by atoms with Crippen molar-refractivity contribution in [3.8, 4) is 23.0 Å². The molecule has 18 nitrogen and oxygen atoms in total. The summed E-state index contributed by atoms with van der Waals surface area (Å²) < 4.78 is 157. The summed E-state index contributed by atoms with van der Waals surface area (Å²) in [7, 11) is 5.61. The normalized spacial score (nSPS) is 27.7. The molecule has 0 bridgehead atoms. The van der Waals surface area contributed by atoms with Crippen LogP contribution in [0, 0.1) is 11.8 Å². The third kappa shape index (κ3) is 18.2. The Labute approximate surface area is 493 Å². The molecule has 4 aliphatic heterocycles. The van der Waals surface area contributed by atoms with Crippen molar-refractivity contribution in [2.45, 2.75) is 127 Å². The average Bonchev–Trinajstić information content (AvgIpc) is 3.92. The fourth-order valence-electron chi connectivity index (χ4n) is 9.17. The Morgan fingerprint density at radius 2 is 1.06 bits per heavy atom. The molecule has 0 amide bonds. The van der Waals surface area contributed by atoms with Crippen LogP contribution >= 0.6 is 0 Å². The fourth-order valence-corrected chi connectivity index (χ4v) is 9.17. The van der Waals surface area contributed by atoms with Crippen molar-refractivity contribution in [3.05, 3.63) is 119 Å². The van der Waals surface area contributed by atoms with Gasteiger partial charge in [0, 0.05) is 26.4 Å². The molecule has 446 valence electrons. The van der Waals surface area contributed by atoms with Crippen molar-refractivity contribution in [1.82, 2.24) is 0 Å². The van der Waals surface area contributed by atoms with E-state index in [0.29, 0.717) is 17.1 Å². The quantitative estimate of drug-likeness (QED) is 0.0529. The van der Waals surface area contributed by atoms with Crippen molar-refractivity contribution in [2.75, 3.05) is 42.0 Å². The van der Waals surface area contributed by atoms with E-state index in [2.05, 4.69) is 0 Å². The zero-order valence-electron chi connectivity index (χ0n) is 47.1. The molecule has 3 aromatic rings. The maximum Gasteiger partial charge on any atom is 1.00 e. The molecule has 4 heterocycles. The summed E-state index contributed by atoms with van der Waals surface area (Å²) >= 11 is 0. The summed E-state index contributed by atoms with van der Waals surface area (Å²) in [6.45, 7) is 8.42. The monoisotopic (exact) mass is 1180 g/mol. The van der Waals surface area contributed by atoms with E-state index in [1.807, 2.05) is 0 Å². The van der Waals surface area contributed by atoms with Gasteiger partial charge in [-0.05, 0) is 95.9 Å². The van der Waals surface area contributed by atoms with Gasteiger partial charge in [-0.25, -0.2) is 14.4 Å². The first-order valence-corrected chi connectivity index (χ1v) is 25.3. The molecule has 2 N–H and O–H groups in total. The minimum absolute atomic E-state index is 0. The Morgan fingerprint density at radius 3 is 1.49 bits per heavy atom. The molecule has 3 aromatic carbocycles. The molecule has 10 atom stereocenters. The summed E-state index contributed by atoms with van der Waals surface area (Å²) in [5.41, 5.74) is 0.581. The molecule has 25 heteroatoms. The summed E-state index contributed by atoms with van der Waals surface area (Å²) in [6, 6.07) is 14.0. The molecule has 0 aromatic heterocycles. The molecular formula is C57H67F6NaO18. The Balaban J connectivity index is 0.000000351. The van der Waals surface area contributed by atoms with Gasteiger partial charge < -0.3 is 72.2 Å². The largest absolute Gasteiger partial charge is 1.00 e. The van der Waals surface area contributed by atoms with Crippen LogP contribution in [0.15, 0.2) is 91.1 Å². The van der Waals surface area contributed by atoms with E-state index in [9.17, 15) is 45.8 Å². The summed E-state index contributed by atoms with van der Waals surface area (Å²) in [4.78, 5) is 39.7. The number of aliphatic hydroxyl groups excluding tert-OH is 1. The summed E-state index contributed by atoms with van der Waals surface area (Å²) in [6.07, 6.45) is -8.10. The Kier molecular flexibility index (Phi) is 25.1. The molecule has 4 aliphatic rings. The van der Waals surface area contributed by atoms with Crippen LogP contribution in [0.4, 0.5) is 26.3 Å². The number of ether oxygens (including phenoxy) is 13. The van der Waals surface area contributed by atoms with Gasteiger partial charge in [-0.2, -0.15) is 26.3 Å². The third-order valence-electron chi connectivity index (χ3n) is 12.8. The van der Waals surface area contributed by atoms with Gasteiger partial charge in [-0.3, -0.25) is 0 Å². The molecule has 2 saturated heterocycles. The maximum absolute atomic E-state index is 14.4. The fraction of sp³-hybridized carbons (Fsp3) is 0.491. The van der Waals surface area contributed by atoms with Gasteiger partial charge in [-0.1, -0.05) is 60.7 Å². The Morgan fingerprint density at radius 1 is 0.634 bits per heavy atom. The number of halogens is 6. The predicted molar refractivity (Wildman–Crippen MR) is 277 cm³/mol. The third-order valence-corrected chi connectivity index (χ3v) is 12.8. The van der Waals surface area contributed by atoms with E-state index in [4.69, 9.17) is 61.6 Å². The van der Waals surface area contributed by atoms with Gasteiger partial charge in [0.25, 0.3) is 0 Å². The van der Waals surface area contributed by atoms with Crippen LogP contribution in [0.5, 0.6) is 23.0 Å². The van der Waals surface area contributed by atoms with Crippen molar-refractivity contribution < 1.29 is 142 Å². The second kappa shape index (κ2) is 29.8. The number of cyclic esters (lactones) is 2. The first-order valence-electron chi connectivity index (χ1n) is 25.3. The second-order valence-electron chi connectivity index (χ2n) is 19.7. The average molecular weight is 1180 g/mol. The van der Waals surface area contributed by atoms with Crippen LogP contribution in [0.3, 0.4) is 0 Å². The van der Waals surface area contributed by atoms with E-state index in [0.717, 1.165) is 38.2 Å². The zero-order chi connectivity index (χ0) is 58.7. The first kappa shape index (κ1) is 69.0. The number of fused-ring (bicyclic) bond motifs is 4.